The Morgan fingerprint density at radius 3 is 2.85 bits per heavy atom. The summed E-state index contributed by atoms with van der Waals surface area (Å²) in [5, 5.41) is 19.7. The molecule has 7 heteroatoms. The molecule has 1 aromatic rings. The van der Waals surface area contributed by atoms with Crippen LogP contribution in [0.15, 0.2) is 24.3 Å². The third-order valence-corrected chi connectivity index (χ3v) is 2.58. The monoisotopic (exact) mass is 279 g/mol. The van der Waals surface area contributed by atoms with Gasteiger partial charge in [0.25, 0.3) is 0 Å². The number of aliphatic hydroxyl groups is 1. The molecule has 1 amide bonds. The van der Waals surface area contributed by atoms with Crippen LogP contribution in [0.2, 0.25) is 0 Å². The van der Waals surface area contributed by atoms with Gasteiger partial charge in [-0.05, 0) is 23.8 Å². The first-order valence-electron chi connectivity index (χ1n) is 5.82. The van der Waals surface area contributed by atoms with Gasteiger partial charge in [-0.1, -0.05) is 6.07 Å². The smallest absolute Gasteiger partial charge is 0.334 e. The Hall–Kier alpha value is -2.54. The second kappa shape index (κ2) is 6.07. The van der Waals surface area contributed by atoms with Crippen molar-refractivity contribution in [2.75, 3.05) is 13.3 Å². The molecular weight excluding hydrogens is 266 g/mol. The van der Waals surface area contributed by atoms with Gasteiger partial charge in [-0.25, -0.2) is 4.79 Å². The number of carboxylic acid groups (broad SMARTS) is 1. The van der Waals surface area contributed by atoms with Gasteiger partial charge < -0.3 is 25.0 Å². The van der Waals surface area contributed by atoms with Crippen LogP contribution in [0.5, 0.6) is 11.5 Å². The van der Waals surface area contributed by atoms with E-state index in [0.29, 0.717) is 11.5 Å². The molecule has 20 heavy (non-hydrogen) atoms. The maximum atomic E-state index is 11.4. The predicted molar refractivity (Wildman–Crippen MR) is 68.3 cm³/mol. The van der Waals surface area contributed by atoms with E-state index in [1.807, 2.05) is 0 Å². The average molecular weight is 279 g/mol. The largest absolute Gasteiger partial charge is 0.479 e. The van der Waals surface area contributed by atoms with Crippen molar-refractivity contribution in [1.29, 1.82) is 0 Å². The molecule has 1 atom stereocenters. The van der Waals surface area contributed by atoms with Crippen molar-refractivity contribution in [3.05, 3.63) is 29.8 Å². The molecule has 1 heterocycles. The quantitative estimate of drug-likeness (QED) is 0.655. The number of aliphatic hydroxyl groups excluding tert-OH is 1. The lowest BCUT2D eigenvalue weighted by Gasteiger charge is -2.05. The summed E-state index contributed by atoms with van der Waals surface area (Å²) in [4.78, 5) is 21.8. The topological polar surface area (TPSA) is 105 Å². The normalized spacial score (nSPS) is 14.2. The summed E-state index contributed by atoms with van der Waals surface area (Å²) in [6.07, 6.45) is 1.18. The minimum absolute atomic E-state index is 0.177. The summed E-state index contributed by atoms with van der Waals surface area (Å²) in [6.45, 7) is -0.171. The molecule has 3 N–H and O–H groups in total. The van der Waals surface area contributed by atoms with Gasteiger partial charge in [0.2, 0.25) is 12.7 Å². The van der Waals surface area contributed by atoms with Crippen molar-refractivity contribution in [3.63, 3.8) is 0 Å². The van der Waals surface area contributed by atoms with Gasteiger partial charge in [0, 0.05) is 6.08 Å². The Bertz CT molecular complexity index is 554. The molecule has 0 radical (unpaired) electrons. The van der Waals surface area contributed by atoms with Crippen molar-refractivity contribution >= 4 is 18.0 Å². The van der Waals surface area contributed by atoms with Crippen LogP contribution in [-0.4, -0.2) is 41.5 Å². The molecule has 0 aliphatic carbocycles. The van der Waals surface area contributed by atoms with Crippen LogP contribution in [-0.2, 0) is 9.59 Å². The van der Waals surface area contributed by atoms with Crippen LogP contribution in [0.3, 0.4) is 0 Å². The van der Waals surface area contributed by atoms with Crippen molar-refractivity contribution < 1.29 is 29.3 Å². The Labute approximate surface area is 114 Å². The molecule has 0 bridgehead atoms. The van der Waals surface area contributed by atoms with Crippen molar-refractivity contribution in [1.82, 2.24) is 5.32 Å². The first-order chi connectivity index (χ1) is 9.56. The van der Waals surface area contributed by atoms with Crippen LogP contribution < -0.4 is 14.8 Å². The van der Waals surface area contributed by atoms with Gasteiger partial charge in [-0.2, -0.15) is 0 Å². The molecule has 0 saturated carbocycles. The first kappa shape index (κ1) is 13.9. The third-order valence-electron chi connectivity index (χ3n) is 2.58. The van der Waals surface area contributed by atoms with Crippen molar-refractivity contribution in [2.45, 2.75) is 6.10 Å². The van der Waals surface area contributed by atoms with Crippen LogP contribution >= 0.6 is 0 Å². The Balaban J connectivity index is 1.89. The van der Waals surface area contributed by atoms with Crippen LogP contribution in [0.1, 0.15) is 5.56 Å². The minimum atomic E-state index is -1.61. The molecule has 1 aliphatic heterocycles. The summed E-state index contributed by atoms with van der Waals surface area (Å²) in [6, 6.07) is 5.20. The predicted octanol–water partition coefficient (Wildman–Crippen LogP) is -0.00980. The number of carbonyl (C=O) groups is 2. The fourth-order valence-corrected chi connectivity index (χ4v) is 1.53. The number of carbonyl (C=O) groups excluding carboxylic acids is 1. The minimum Gasteiger partial charge on any atom is -0.479 e. The summed E-state index contributed by atoms with van der Waals surface area (Å²) in [7, 11) is 0. The molecule has 2 rings (SSSR count). The highest BCUT2D eigenvalue weighted by molar-refractivity contribution is 5.92. The van der Waals surface area contributed by atoms with Gasteiger partial charge in [-0.15, -0.1) is 0 Å². The second-order valence-corrected chi connectivity index (χ2v) is 4.05. The number of amides is 1. The van der Waals surface area contributed by atoms with E-state index in [2.05, 4.69) is 5.32 Å². The van der Waals surface area contributed by atoms with E-state index in [-0.39, 0.29) is 13.3 Å². The maximum absolute atomic E-state index is 11.4. The highest BCUT2D eigenvalue weighted by Gasteiger charge is 2.14. The molecule has 7 nitrogen and oxygen atoms in total. The molecular formula is C13H13NO6. The number of aliphatic carboxylic acids is 1. The van der Waals surface area contributed by atoms with Crippen LogP contribution in [0.4, 0.5) is 0 Å². The zero-order valence-electron chi connectivity index (χ0n) is 10.4. The number of nitrogens with one attached hydrogen (secondary N) is 1. The number of ether oxygens (including phenoxy) is 2. The highest BCUT2D eigenvalue weighted by Crippen LogP contribution is 2.32. The lowest BCUT2D eigenvalue weighted by atomic mass is 10.2. The molecule has 106 valence electrons. The van der Waals surface area contributed by atoms with Gasteiger partial charge >= 0.3 is 5.97 Å². The van der Waals surface area contributed by atoms with E-state index >= 15 is 0 Å². The van der Waals surface area contributed by atoms with E-state index in [1.54, 1.807) is 24.3 Å². The molecule has 0 fully saturated rings. The first-order valence-corrected chi connectivity index (χ1v) is 5.82. The summed E-state index contributed by atoms with van der Waals surface area (Å²) in [5.41, 5.74) is 0.739. The molecule has 1 aliphatic rings. The maximum Gasteiger partial charge on any atom is 0.334 e. The molecule has 0 spiro atoms. The summed E-state index contributed by atoms with van der Waals surface area (Å²) in [5.74, 6) is -0.627. The molecule has 1 aromatic carbocycles. The summed E-state index contributed by atoms with van der Waals surface area (Å²) >= 11 is 0. The third kappa shape index (κ3) is 3.48. The zero-order valence-corrected chi connectivity index (χ0v) is 10.4. The van der Waals surface area contributed by atoms with E-state index in [0.717, 1.165) is 5.56 Å². The lowest BCUT2D eigenvalue weighted by Crippen LogP contribution is -2.35. The fraction of sp³-hybridized carbons (Fsp3) is 0.231. The number of hydrogen-bond donors (Lipinski definition) is 3. The van der Waals surface area contributed by atoms with Crippen LogP contribution in [0.25, 0.3) is 6.08 Å². The number of carboxylic acids is 1. The van der Waals surface area contributed by atoms with Gasteiger partial charge in [0.1, 0.15) is 0 Å². The second-order valence-electron chi connectivity index (χ2n) is 4.05. The highest BCUT2D eigenvalue weighted by atomic mass is 16.7. The van der Waals surface area contributed by atoms with E-state index in [1.165, 1.54) is 6.08 Å². The number of benzene rings is 1. The van der Waals surface area contributed by atoms with Crippen LogP contribution in [0, 0.1) is 0 Å². The Kier molecular flexibility index (Phi) is 4.21. The van der Waals surface area contributed by atoms with E-state index in [4.69, 9.17) is 19.7 Å². The standard InChI is InChI=1S/C13H13NO6/c15-9(13(17)18)6-14-12(16)4-2-8-1-3-10-11(5-8)20-7-19-10/h1-5,9,15H,6-7H2,(H,14,16)(H,17,18)/b4-2+/t9-/m0/s1. The summed E-state index contributed by atoms with van der Waals surface area (Å²) < 4.78 is 10.4. The zero-order chi connectivity index (χ0) is 14.5. The average Bonchev–Trinajstić information content (AvgIpc) is 2.89. The molecule has 0 aromatic heterocycles. The van der Waals surface area contributed by atoms with Gasteiger partial charge in [0.15, 0.2) is 17.6 Å². The van der Waals surface area contributed by atoms with Gasteiger partial charge in [-0.3, -0.25) is 4.79 Å². The fourth-order valence-electron chi connectivity index (χ4n) is 1.53. The van der Waals surface area contributed by atoms with E-state index in [9.17, 15) is 9.59 Å². The van der Waals surface area contributed by atoms with Crippen molar-refractivity contribution in [2.24, 2.45) is 0 Å². The molecule has 0 unspecified atom stereocenters. The van der Waals surface area contributed by atoms with E-state index < -0.39 is 18.0 Å². The Morgan fingerprint density at radius 1 is 1.35 bits per heavy atom. The number of hydrogen-bond acceptors (Lipinski definition) is 5. The lowest BCUT2D eigenvalue weighted by molar-refractivity contribution is -0.146. The SMILES string of the molecule is O=C(/C=C/c1ccc2c(c1)OCO2)NC[C@H](O)C(=O)O. The molecule has 0 saturated heterocycles. The Morgan fingerprint density at radius 2 is 2.10 bits per heavy atom. The number of rotatable bonds is 5. The van der Waals surface area contributed by atoms with Crippen molar-refractivity contribution in [3.8, 4) is 11.5 Å². The number of fused-ring (bicyclic) bond motifs is 1. The van der Waals surface area contributed by atoms with Gasteiger partial charge in [0.05, 0.1) is 6.54 Å².